The van der Waals surface area contributed by atoms with Crippen molar-refractivity contribution in [2.24, 2.45) is 10.2 Å². The molecule has 3 aromatic heterocycles. The Morgan fingerprint density at radius 2 is 1.21 bits per heavy atom. The number of anilines is 4. The molecule has 0 aliphatic carbocycles. The molecule has 0 saturated heterocycles. The molecule has 10 nitrogen and oxygen atoms in total. The minimum Gasteiger partial charge on any atom is -0.495 e. The molecule has 0 saturated carbocycles. The number of hydrazone groups is 2. The topological polar surface area (TPSA) is 122 Å². The number of pyridine rings is 2. The lowest BCUT2D eigenvalue weighted by molar-refractivity contribution is 0.417. The van der Waals surface area contributed by atoms with Gasteiger partial charge in [0.25, 0.3) is 0 Å². The van der Waals surface area contributed by atoms with E-state index in [-0.39, 0.29) is 5.95 Å². The Morgan fingerprint density at radius 3 is 1.86 bits per heavy atom. The normalized spacial score (nSPS) is 11.4. The molecule has 6 rings (SSSR count). The molecule has 212 valence electrons. The van der Waals surface area contributed by atoms with Gasteiger partial charge in [-0.25, -0.2) is 15.4 Å². The van der Waals surface area contributed by atoms with Gasteiger partial charge < -0.3 is 10.1 Å². The number of hydrogen-bond donors (Lipinski definition) is 3. The number of para-hydroxylation sites is 4. The van der Waals surface area contributed by atoms with Crippen LogP contribution in [0.2, 0.25) is 10.3 Å². The van der Waals surface area contributed by atoms with E-state index in [0.717, 1.165) is 27.5 Å². The zero-order valence-corrected chi connectivity index (χ0v) is 24.2. The molecule has 0 radical (unpaired) electrons. The average molecular weight is 608 g/mol. The van der Waals surface area contributed by atoms with Crippen LogP contribution in [0.3, 0.4) is 0 Å². The predicted octanol–water partition coefficient (Wildman–Crippen LogP) is 7.52. The maximum atomic E-state index is 6.39. The molecule has 3 N–H and O–H groups in total. The van der Waals surface area contributed by atoms with Crippen molar-refractivity contribution >= 4 is 80.7 Å². The molecule has 3 aromatic carbocycles. The van der Waals surface area contributed by atoms with Gasteiger partial charge in [-0.2, -0.15) is 20.2 Å². The van der Waals surface area contributed by atoms with Crippen LogP contribution in [0.4, 0.5) is 23.3 Å². The number of halogens is 2. The summed E-state index contributed by atoms with van der Waals surface area (Å²) in [7, 11) is 1.60. The van der Waals surface area contributed by atoms with Crippen molar-refractivity contribution in [1.82, 2.24) is 19.9 Å². The maximum absolute atomic E-state index is 6.39. The van der Waals surface area contributed by atoms with E-state index in [4.69, 9.17) is 27.9 Å². The van der Waals surface area contributed by atoms with Gasteiger partial charge in [0, 0.05) is 28.0 Å². The summed E-state index contributed by atoms with van der Waals surface area (Å²) in [5, 5.41) is 14.5. The van der Waals surface area contributed by atoms with Gasteiger partial charge in [0.05, 0.1) is 36.3 Å². The first-order valence-corrected chi connectivity index (χ1v) is 13.8. The molecule has 0 aliphatic rings. The Hall–Kier alpha value is -5.32. The molecular formula is C31H23Cl2N9O. The molecule has 0 unspecified atom stereocenters. The summed E-state index contributed by atoms with van der Waals surface area (Å²) in [5.74, 6) is 1.70. The predicted molar refractivity (Wildman–Crippen MR) is 174 cm³/mol. The van der Waals surface area contributed by atoms with E-state index in [9.17, 15) is 0 Å². The maximum Gasteiger partial charge on any atom is 0.247 e. The smallest absolute Gasteiger partial charge is 0.247 e. The van der Waals surface area contributed by atoms with Gasteiger partial charge in [-0.3, -0.25) is 5.43 Å². The van der Waals surface area contributed by atoms with Gasteiger partial charge >= 0.3 is 0 Å². The highest BCUT2D eigenvalue weighted by molar-refractivity contribution is 6.32. The monoisotopic (exact) mass is 607 g/mol. The lowest BCUT2D eigenvalue weighted by Gasteiger charge is -2.12. The van der Waals surface area contributed by atoms with Crippen molar-refractivity contribution in [3.63, 3.8) is 0 Å². The minimum absolute atomic E-state index is 0.198. The van der Waals surface area contributed by atoms with Crippen LogP contribution in [0.1, 0.15) is 11.1 Å². The van der Waals surface area contributed by atoms with Crippen molar-refractivity contribution in [3.8, 4) is 5.75 Å². The van der Waals surface area contributed by atoms with Crippen LogP contribution in [0.25, 0.3) is 21.8 Å². The Labute approximate surface area is 256 Å². The first-order chi connectivity index (χ1) is 21.1. The van der Waals surface area contributed by atoms with E-state index >= 15 is 0 Å². The van der Waals surface area contributed by atoms with Gasteiger partial charge in [0.15, 0.2) is 5.82 Å². The zero-order chi connectivity index (χ0) is 29.6. The lowest BCUT2D eigenvalue weighted by Crippen LogP contribution is -2.05. The fraction of sp³-hybridized carbons (Fsp3) is 0.0323. The van der Waals surface area contributed by atoms with E-state index in [1.165, 1.54) is 0 Å². The Morgan fingerprint density at radius 1 is 0.651 bits per heavy atom. The van der Waals surface area contributed by atoms with Crippen molar-refractivity contribution in [1.29, 1.82) is 0 Å². The number of rotatable bonds is 9. The zero-order valence-electron chi connectivity index (χ0n) is 22.7. The fourth-order valence-corrected chi connectivity index (χ4v) is 4.62. The second kappa shape index (κ2) is 12.7. The van der Waals surface area contributed by atoms with Crippen LogP contribution in [0, 0.1) is 0 Å². The summed E-state index contributed by atoms with van der Waals surface area (Å²) < 4.78 is 5.47. The summed E-state index contributed by atoms with van der Waals surface area (Å²) in [6.07, 6.45) is 3.14. The van der Waals surface area contributed by atoms with E-state index in [0.29, 0.717) is 38.8 Å². The quantitative estimate of drug-likeness (QED) is 0.0876. The third-order valence-corrected chi connectivity index (χ3v) is 6.86. The Bertz CT molecular complexity index is 1880. The largest absolute Gasteiger partial charge is 0.495 e. The Balaban J connectivity index is 1.27. The van der Waals surface area contributed by atoms with E-state index in [1.807, 2.05) is 84.9 Å². The third kappa shape index (κ3) is 6.61. The number of nitrogens with one attached hydrogen (secondary N) is 3. The van der Waals surface area contributed by atoms with Gasteiger partial charge in [-0.1, -0.05) is 71.7 Å². The number of methoxy groups -OCH3 is 1. The number of ether oxygens (including phenoxy) is 1. The summed E-state index contributed by atoms with van der Waals surface area (Å²) in [4.78, 5) is 17.9. The number of benzene rings is 3. The average Bonchev–Trinajstić information content (AvgIpc) is 3.02. The summed E-state index contributed by atoms with van der Waals surface area (Å²) in [5.41, 5.74) is 9.42. The van der Waals surface area contributed by atoms with E-state index in [1.54, 1.807) is 25.6 Å². The molecule has 43 heavy (non-hydrogen) atoms. The number of fused-ring (bicyclic) bond motifs is 2. The van der Waals surface area contributed by atoms with Crippen LogP contribution < -0.4 is 20.9 Å². The molecule has 0 bridgehead atoms. The van der Waals surface area contributed by atoms with Crippen molar-refractivity contribution in [2.45, 2.75) is 0 Å². The van der Waals surface area contributed by atoms with Crippen LogP contribution in [0.5, 0.6) is 5.75 Å². The SMILES string of the molecule is COc1ccccc1Nc1cc(NN=Cc2cc3ccccc3nc2Cl)nc(NN=Cc2cc3ccccc3nc2Cl)n1. The highest BCUT2D eigenvalue weighted by atomic mass is 35.5. The molecule has 12 heteroatoms. The Kier molecular flexibility index (Phi) is 8.21. The summed E-state index contributed by atoms with van der Waals surface area (Å²) >= 11 is 12.8. The molecule has 6 aromatic rings. The number of nitrogens with zero attached hydrogens (tertiary/aromatic N) is 6. The standard InChI is InChI=1S/C31H23Cl2N9O/c1-43-26-13-7-6-12-25(26)36-27-16-28(41-34-17-21-14-19-8-2-4-10-23(19)37-29(21)32)40-31(39-27)42-35-18-22-15-20-9-3-5-11-24(20)38-30(22)33/h2-18H,1H3,(H3,36,39,40,41,42). The molecule has 0 aliphatic heterocycles. The third-order valence-electron chi connectivity index (χ3n) is 6.26. The molecule has 0 amide bonds. The highest BCUT2D eigenvalue weighted by Gasteiger charge is 2.09. The summed E-state index contributed by atoms with van der Waals surface area (Å²) in [6.45, 7) is 0. The van der Waals surface area contributed by atoms with Crippen molar-refractivity contribution < 1.29 is 4.74 Å². The first-order valence-electron chi connectivity index (χ1n) is 13.0. The fourth-order valence-electron chi connectivity index (χ4n) is 4.23. The van der Waals surface area contributed by atoms with Gasteiger partial charge in [-0.05, 0) is 36.4 Å². The van der Waals surface area contributed by atoms with E-state index < -0.39 is 0 Å². The molecule has 0 atom stereocenters. The highest BCUT2D eigenvalue weighted by Crippen LogP contribution is 2.28. The van der Waals surface area contributed by atoms with Crippen LogP contribution >= 0.6 is 23.2 Å². The number of aromatic nitrogens is 4. The van der Waals surface area contributed by atoms with Crippen LogP contribution in [0.15, 0.2) is 101 Å². The lowest BCUT2D eigenvalue weighted by atomic mass is 10.2. The summed E-state index contributed by atoms with van der Waals surface area (Å²) in [6, 6.07) is 28.4. The van der Waals surface area contributed by atoms with Crippen LogP contribution in [-0.4, -0.2) is 39.5 Å². The van der Waals surface area contributed by atoms with E-state index in [2.05, 4.69) is 46.3 Å². The van der Waals surface area contributed by atoms with Gasteiger partial charge in [0.1, 0.15) is 21.9 Å². The van der Waals surface area contributed by atoms with Crippen molar-refractivity contribution in [3.05, 3.63) is 112 Å². The molecular weight excluding hydrogens is 585 g/mol. The van der Waals surface area contributed by atoms with Gasteiger partial charge in [0.2, 0.25) is 5.95 Å². The molecule has 0 fully saturated rings. The minimum atomic E-state index is 0.198. The second-order valence-electron chi connectivity index (χ2n) is 9.15. The first kappa shape index (κ1) is 27.8. The van der Waals surface area contributed by atoms with Crippen molar-refractivity contribution in [2.75, 3.05) is 23.3 Å². The number of hydrogen-bond acceptors (Lipinski definition) is 10. The second-order valence-corrected chi connectivity index (χ2v) is 9.87. The molecule has 0 spiro atoms. The van der Waals surface area contributed by atoms with Gasteiger partial charge in [-0.15, -0.1) is 0 Å². The molecule has 3 heterocycles. The van der Waals surface area contributed by atoms with Crippen LogP contribution in [-0.2, 0) is 0 Å².